The second kappa shape index (κ2) is 5.04. The molecule has 1 aliphatic rings. The van der Waals surface area contributed by atoms with Crippen molar-refractivity contribution in [3.05, 3.63) is 11.3 Å². The molecule has 2 rings (SSSR count). The van der Waals surface area contributed by atoms with Gasteiger partial charge in [0.2, 0.25) is 0 Å². The second-order valence-electron chi connectivity index (χ2n) is 4.78. The molecular formula is C12H20N4S. The SMILES string of the molecule is Cc1nn(C)c(NC2CCCCC2)c1C(N)=S. The van der Waals surface area contributed by atoms with Gasteiger partial charge in [-0.3, -0.25) is 4.68 Å². The van der Waals surface area contributed by atoms with E-state index in [4.69, 9.17) is 18.0 Å². The number of anilines is 1. The maximum atomic E-state index is 5.77. The van der Waals surface area contributed by atoms with Crippen LogP contribution in [0.25, 0.3) is 0 Å². The Morgan fingerprint density at radius 2 is 2.06 bits per heavy atom. The lowest BCUT2D eigenvalue weighted by molar-refractivity contribution is 0.460. The van der Waals surface area contributed by atoms with Crippen LogP contribution in [0, 0.1) is 6.92 Å². The fourth-order valence-corrected chi connectivity index (χ4v) is 2.80. The zero-order chi connectivity index (χ0) is 12.4. The lowest BCUT2D eigenvalue weighted by atomic mass is 9.95. The summed E-state index contributed by atoms with van der Waals surface area (Å²) in [5.41, 5.74) is 7.57. The number of aromatic nitrogens is 2. The normalized spacial score (nSPS) is 17.1. The minimum atomic E-state index is 0.425. The molecule has 94 valence electrons. The van der Waals surface area contributed by atoms with Crippen molar-refractivity contribution in [3.8, 4) is 0 Å². The van der Waals surface area contributed by atoms with Crippen LogP contribution in [0.15, 0.2) is 0 Å². The Kier molecular flexibility index (Phi) is 3.66. The summed E-state index contributed by atoms with van der Waals surface area (Å²) in [6.07, 6.45) is 6.40. The highest BCUT2D eigenvalue weighted by Gasteiger charge is 2.20. The Bertz CT molecular complexity index is 418. The number of aryl methyl sites for hydroxylation is 2. The molecule has 0 atom stereocenters. The van der Waals surface area contributed by atoms with Crippen LogP contribution in [0.4, 0.5) is 5.82 Å². The molecule has 3 N–H and O–H groups in total. The molecule has 0 amide bonds. The number of thiocarbonyl (C=S) groups is 1. The predicted molar refractivity (Wildman–Crippen MR) is 74.3 cm³/mol. The molecule has 1 fully saturated rings. The van der Waals surface area contributed by atoms with Crippen LogP contribution in [0.5, 0.6) is 0 Å². The Balaban J connectivity index is 2.21. The number of rotatable bonds is 3. The molecule has 0 saturated heterocycles. The number of hydrogen-bond acceptors (Lipinski definition) is 3. The van der Waals surface area contributed by atoms with Gasteiger partial charge < -0.3 is 11.1 Å². The third-order valence-electron chi connectivity index (χ3n) is 3.41. The van der Waals surface area contributed by atoms with Gasteiger partial charge in [-0.2, -0.15) is 5.10 Å². The highest BCUT2D eigenvalue weighted by molar-refractivity contribution is 7.80. The summed E-state index contributed by atoms with van der Waals surface area (Å²) >= 11 is 5.10. The van der Waals surface area contributed by atoms with Crippen molar-refractivity contribution in [2.45, 2.75) is 45.1 Å². The lowest BCUT2D eigenvalue weighted by Crippen LogP contribution is -2.25. The fourth-order valence-electron chi connectivity index (χ4n) is 2.56. The van der Waals surface area contributed by atoms with Crippen molar-refractivity contribution in [1.29, 1.82) is 0 Å². The molecule has 5 heteroatoms. The predicted octanol–water partition coefficient (Wildman–Crippen LogP) is 2.11. The number of nitrogens with zero attached hydrogens (tertiary/aromatic N) is 2. The zero-order valence-corrected chi connectivity index (χ0v) is 11.3. The molecule has 1 aliphatic carbocycles. The highest BCUT2D eigenvalue weighted by atomic mass is 32.1. The molecule has 1 aromatic heterocycles. The van der Waals surface area contributed by atoms with E-state index in [1.165, 1.54) is 32.1 Å². The van der Waals surface area contributed by atoms with Gasteiger partial charge in [0, 0.05) is 13.1 Å². The third-order valence-corrected chi connectivity index (χ3v) is 3.62. The van der Waals surface area contributed by atoms with E-state index in [1.54, 1.807) is 0 Å². The van der Waals surface area contributed by atoms with Crippen molar-refractivity contribution in [3.63, 3.8) is 0 Å². The van der Waals surface area contributed by atoms with Crippen LogP contribution in [0.2, 0.25) is 0 Å². The van der Waals surface area contributed by atoms with Gasteiger partial charge in [0.05, 0.1) is 11.3 Å². The average Bonchev–Trinajstić information content (AvgIpc) is 2.55. The zero-order valence-electron chi connectivity index (χ0n) is 10.5. The van der Waals surface area contributed by atoms with Crippen LogP contribution >= 0.6 is 12.2 Å². The Labute approximate surface area is 108 Å². The monoisotopic (exact) mass is 252 g/mol. The first-order chi connectivity index (χ1) is 8.09. The van der Waals surface area contributed by atoms with E-state index < -0.39 is 0 Å². The van der Waals surface area contributed by atoms with Crippen molar-refractivity contribution < 1.29 is 0 Å². The van der Waals surface area contributed by atoms with E-state index in [0.717, 1.165) is 17.1 Å². The molecule has 0 aromatic carbocycles. The van der Waals surface area contributed by atoms with E-state index in [9.17, 15) is 0 Å². The van der Waals surface area contributed by atoms with Gasteiger partial charge in [-0.1, -0.05) is 31.5 Å². The summed E-state index contributed by atoms with van der Waals surface area (Å²) in [5, 5.41) is 7.94. The smallest absolute Gasteiger partial charge is 0.134 e. The maximum absolute atomic E-state index is 5.77. The molecular weight excluding hydrogens is 232 g/mol. The minimum absolute atomic E-state index is 0.425. The fraction of sp³-hybridized carbons (Fsp3) is 0.667. The average molecular weight is 252 g/mol. The quantitative estimate of drug-likeness (QED) is 0.809. The Morgan fingerprint density at radius 1 is 1.41 bits per heavy atom. The molecule has 0 aliphatic heterocycles. The first kappa shape index (κ1) is 12.4. The van der Waals surface area contributed by atoms with Gasteiger partial charge >= 0.3 is 0 Å². The second-order valence-corrected chi connectivity index (χ2v) is 5.22. The maximum Gasteiger partial charge on any atom is 0.134 e. The van der Waals surface area contributed by atoms with E-state index in [-0.39, 0.29) is 0 Å². The van der Waals surface area contributed by atoms with Crippen molar-refractivity contribution in [1.82, 2.24) is 9.78 Å². The van der Waals surface area contributed by atoms with Crippen molar-refractivity contribution in [2.75, 3.05) is 5.32 Å². The lowest BCUT2D eigenvalue weighted by Gasteiger charge is -2.24. The van der Waals surface area contributed by atoms with Gasteiger partial charge in [-0.15, -0.1) is 0 Å². The summed E-state index contributed by atoms with van der Waals surface area (Å²) < 4.78 is 1.85. The van der Waals surface area contributed by atoms with Crippen LogP contribution in [0.1, 0.15) is 43.4 Å². The highest BCUT2D eigenvalue weighted by Crippen LogP contribution is 2.25. The van der Waals surface area contributed by atoms with Crippen LogP contribution in [0.3, 0.4) is 0 Å². The molecule has 1 heterocycles. The first-order valence-electron chi connectivity index (χ1n) is 6.19. The van der Waals surface area contributed by atoms with E-state index >= 15 is 0 Å². The Hall–Kier alpha value is -1.10. The van der Waals surface area contributed by atoms with Crippen molar-refractivity contribution in [2.24, 2.45) is 12.8 Å². The van der Waals surface area contributed by atoms with E-state index in [1.807, 2.05) is 18.7 Å². The number of nitrogens with two attached hydrogens (primary N) is 1. The van der Waals surface area contributed by atoms with Gasteiger partial charge in [-0.05, 0) is 19.8 Å². The van der Waals surface area contributed by atoms with Gasteiger partial charge in [0.25, 0.3) is 0 Å². The molecule has 17 heavy (non-hydrogen) atoms. The molecule has 0 radical (unpaired) electrons. The summed E-state index contributed by atoms with van der Waals surface area (Å²) in [6, 6.07) is 0.534. The van der Waals surface area contributed by atoms with Crippen LogP contribution in [-0.4, -0.2) is 20.8 Å². The van der Waals surface area contributed by atoms with Gasteiger partial charge in [0.1, 0.15) is 10.8 Å². The van der Waals surface area contributed by atoms with Crippen LogP contribution < -0.4 is 11.1 Å². The summed E-state index contributed by atoms with van der Waals surface area (Å²) in [6.45, 7) is 1.94. The molecule has 4 nitrogen and oxygen atoms in total. The number of hydrogen-bond donors (Lipinski definition) is 2. The van der Waals surface area contributed by atoms with Crippen LogP contribution in [-0.2, 0) is 7.05 Å². The number of nitrogens with one attached hydrogen (secondary N) is 1. The minimum Gasteiger partial charge on any atom is -0.389 e. The first-order valence-corrected chi connectivity index (χ1v) is 6.60. The summed E-state index contributed by atoms with van der Waals surface area (Å²) in [7, 11) is 1.93. The molecule has 0 bridgehead atoms. The topological polar surface area (TPSA) is 55.9 Å². The van der Waals surface area contributed by atoms with E-state index in [0.29, 0.717) is 11.0 Å². The molecule has 1 aromatic rings. The largest absolute Gasteiger partial charge is 0.389 e. The molecule has 1 saturated carbocycles. The van der Waals surface area contributed by atoms with Gasteiger partial charge in [-0.25, -0.2) is 0 Å². The summed E-state index contributed by atoms with van der Waals surface area (Å²) in [4.78, 5) is 0.425. The van der Waals surface area contributed by atoms with E-state index in [2.05, 4.69) is 10.4 Å². The molecule has 0 unspecified atom stereocenters. The Morgan fingerprint density at radius 3 is 2.65 bits per heavy atom. The standard InChI is InChI=1S/C12H20N4S/c1-8-10(11(13)17)12(16(2)15-8)14-9-6-4-3-5-7-9/h9,14H,3-7H2,1-2H3,(H2,13,17). The third kappa shape index (κ3) is 2.60. The van der Waals surface area contributed by atoms with Crippen molar-refractivity contribution >= 4 is 23.0 Å². The summed E-state index contributed by atoms with van der Waals surface area (Å²) in [5.74, 6) is 0.974. The molecule has 0 spiro atoms. The van der Waals surface area contributed by atoms with Gasteiger partial charge in [0.15, 0.2) is 0 Å².